The van der Waals surface area contributed by atoms with Gasteiger partial charge in [-0.05, 0) is 49.8 Å². The predicted octanol–water partition coefficient (Wildman–Crippen LogP) is 3.94. The number of carbonyl (C=O) groups is 1. The van der Waals surface area contributed by atoms with Crippen LogP contribution in [0.2, 0.25) is 0 Å². The van der Waals surface area contributed by atoms with E-state index in [-0.39, 0.29) is 17.6 Å². The summed E-state index contributed by atoms with van der Waals surface area (Å²) >= 11 is 0. The Morgan fingerprint density at radius 2 is 1.96 bits per heavy atom. The fraction of sp³-hybridized carbons (Fsp3) is 0.588. The van der Waals surface area contributed by atoms with Crippen LogP contribution < -0.4 is 4.74 Å². The highest BCUT2D eigenvalue weighted by Crippen LogP contribution is 2.48. The molecule has 1 fully saturated rings. The van der Waals surface area contributed by atoms with Crippen LogP contribution in [-0.2, 0) is 11.2 Å². The van der Waals surface area contributed by atoms with Crippen LogP contribution in [0.25, 0.3) is 0 Å². The van der Waals surface area contributed by atoms with Crippen molar-refractivity contribution in [1.82, 2.24) is 0 Å². The molecule has 1 aromatic carbocycles. The van der Waals surface area contributed by atoms with Gasteiger partial charge in [0.2, 0.25) is 0 Å². The maximum Gasteiger partial charge on any atom is 0.422 e. The molecule has 1 saturated carbocycles. The Labute approximate surface area is 132 Å². The number of alkyl halides is 3. The Balaban J connectivity index is 1.75. The third kappa shape index (κ3) is 3.22. The Morgan fingerprint density at radius 1 is 1.26 bits per heavy atom. The number of benzene rings is 1. The molecule has 0 saturated heterocycles. The van der Waals surface area contributed by atoms with E-state index >= 15 is 0 Å². The molecule has 0 aliphatic heterocycles. The molecule has 2 aliphatic carbocycles. The summed E-state index contributed by atoms with van der Waals surface area (Å²) in [5, 5.41) is 0. The maximum absolute atomic E-state index is 12.8. The van der Waals surface area contributed by atoms with Gasteiger partial charge in [0.25, 0.3) is 0 Å². The molecular formula is C17H19F3O3. The second-order valence-electron chi connectivity index (χ2n) is 6.44. The number of rotatable bonds is 3. The standard InChI is InChI=1S/C17H19F3O3/c1-22-12-4-6-16(7-5-12)9-11-2-3-13(8-14(11)15(16)21)23-10-17(18,19)20/h2-3,8,12H,4-7,9-10H2,1H3. The first-order valence-corrected chi connectivity index (χ1v) is 7.73. The zero-order valence-electron chi connectivity index (χ0n) is 12.9. The van der Waals surface area contributed by atoms with Crippen molar-refractivity contribution in [2.75, 3.05) is 13.7 Å². The molecule has 3 nitrogen and oxygen atoms in total. The van der Waals surface area contributed by atoms with Crippen LogP contribution in [0.1, 0.15) is 41.6 Å². The van der Waals surface area contributed by atoms with Gasteiger partial charge in [-0.2, -0.15) is 13.2 Å². The normalized spacial score (nSPS) is 27.3. The van der Waals surface area contributed by atoms with Gasteiger partial charge in [-0.15, -0.1) is 0 Å². The smallest absolute Gasteiger partial charge is 0.422 e. The number of fused-ring (bicyclic) bond motifs is 1. The Hall–Kier alpha value is -1.56. The molecular weight excluding hydrogens is 309 g/mol. The SMILES string of the molecule is COC1CCC2(CC1)Cc1ccc(OCC(F)(F)F)cc1C2=O. The molecule has 0 aromatic heterocycles. The first-order valence-electron chi connectivity index (χ1n) is 7.73. The summed E-state index contributed by atoms with van der Waals surface area (Å²) in [5.74, 6) is 0.136. The molecule has 23 heavy (non-hydrogen) atoms. The zero-order valence-corrected chi connectivity index (χ0v) is 12.9. The quantitative estimate of drug-likeness (QED) is 0.843. The number of halogens is 3. The summed E-state index contributed by atoms with van der Waals surface area (Å²) in [6.45, 7) is -1.35. The first-order chi connectivity index (χ1) is 10.8. The van der Waals surface area contributed by atoms with E-state index in [2.05, 4.69) is 0 Å². The molecule has 6 heteroatoms. The number of hydrogen-bond acceptors (Lipinski definition) is 3. The molecule has 0 radical (unpaired) electrons. The van der Waals surface area contributed by atoms with Crippen molar-refractivity contribution in [3.8, 4) is 5.75 Å². The number of carbonyl (C=O) groups excluding carboxylic acids is 1. The highest BCUT2D eigenvalue weighted by atomic mass is 19.4. The third-order valence-corrected chi connectivity index (χ3v) is 4.96. The van der Waals surface area contributed by atoms with Crippen LogP contribution in [0.4, 0.5) is 13.2 Å². The fourth-order valence-corrected chi connectivity index (χ4v) is 3.69. The molecule has 0 unspecified atom stereocenters. The van der Waals surface area contributed by atoms with Gasteiger partial charge >= 0.3 is 6.18 Å². The topological polar surface area (TPSA) is 35.5 Å². The fourth-order valence-electron chi connectivity index (χ4n) is 3.69. The van der Waals surface area contributed by atoms with Gasteiger partial charge in [-0.1, -0.05) is 6.07 Å². The van der Waals surface area contributed by atoms with Crippen LogP contribution in [0.5, 0.6) is 5.75 Å². The monoisotopic (exact) mass is 328 g/mol. The van der Waals surface area contributed by atoms with Gasteiger partial charge in [0.1, 0.15) is 5.75 Å². The third-order valence-electron chi connectivity index (χ3n) is 4.96. The number of Topliss-reactive ketones (excluding diaryl/α,β-unsaturated/α-hetero) is 1. The summed E-state index contributed by atoms with van der Waals surface area (Å²) < 4.78 is 46.8. The molecule has 0 N–H and O–H groups in total. The van der Waals surface area contributed by atoms with Crippen molar-refractivity contribution in [3.63, 3.8) is 0 Å². The van der Waals surface area contributed by atoms with Crippen molar-refractivity contribution >= 4 is 5.78 Å². The van der Waals surface area contributed by atoms with Gasteiger partial charge < -0.3 is 9.47 Å². The van der Waals surface area contributed by atoms with E-state index in [9.17, 15) is 18.0 Å². The van der Waals surface area contributed by atoms with Gasteiger partial charge in [0, 0.05) is 18.1 Å². The van der Waals surface area contributed by atoms with Gasteiger partial charge in [0.15, 0.2) is 12.4 Å². The maximum atomic E-state index is 12.8. The van der Waals surface area contributed by atoms with E-state index in [1.54, 1.807) is 13.2 Å². The second-order valence-corrected chi connectivity index (χ2v) is 6.44. The highest BCUT2D eigenvalue weighted by molar-refractivity contribution is 6.05. The second kappa shape index (κ2) is 5.82. The Kier molecular flexibility index (Phi) is 4.12. The van der Waals surface area contributed by atoms with Crippen molar-refractivity contribution < 1.29 is 27.4 Å². The Morgan fingerprint density at radius 3 is 2.57 bits per heavy atom. The van der Waals surface area contributed by atoms with E-state index in [0.717, 1.165) is 31.2 Å². The first kappa shape index (κ1) is 16.3. The summed E-state index contributed by atoms with van der Waals surface area (Å²) in [5.41, 5.74) is 1.02. The molecule has 0 amide bonds. The molecule has 3 rings (SSSR count). The van der Waals surface area contributed by atoms with Crippen LogP contribution in [0.15, 0.2) is 18.2 Å². The minimum Gasteiger partial charge on any atom is -0.484 e. The van der Waals surface area contributed by atoms with Gasteiger partial charge in [0.05, 0.1) is 6.10 Å². The number of ether oxygens (including phenoxy) is 2. The van der Waals surface area contributed by atoms with Crippen LogP contribution in [-0.4, -0.2) is 31.8 Å². The molecule has 1 aromatic rings. The molecule has 1 spiro atoms. The minimum atomic E-state index is -4.39. The summed E-state index contributed by atoms with van der Waals surface area (Å²) in [6.07, 6.45) is -0.320. The van der Waals surface area contributed by atoms with Gasteiger partial charge in [-0.25, -0.2) is 0 Å². The van der Waals surface area contributed by atoms with E-state index in [1.807, 2.05) is 0 Å². The molecule has 126 valence electrons. The van der Waals surface area contributed by atoms with Crippen LogP contribution in [0, 0.1) is 5.41 Å². The van der Waals surface area contributed by atoms with E-state index in [1.165, 1.54) is 12.1 Å². The molecule has 0 bridgehead atoms. The van der Waals surface area contributed by atoms with Crippen LogP contribution in [0.3, 0.4) is 0 Å². The minimum absolute atomic E-state index is 0.0412. The lowest BCUT2D eigenvalue weighted by Crippen LogP contribution is -2.35. The van der Waals surface area contributed by atoms with Crippen LogP contribution >= 0.6 is 0 Å². The lowest BCUT2D eigenvalue weighted by atomic mass is 9.70. The number of methoxy groups -OCH3 is 1. The van der Waals surface area contributed by atoms with Gasteiger partial charge in [-0.3, -0.25) is 4.79 Å². The number of hydrogen-bond donors (Lipinski definition) is 0. The van der Waals surface area contributed by atoms with Crippen molar-refractivity contribution in [2.45, 2.75) is 44.4 Å². The summed E-state index contributed by atoms with van der Waals surface area (Å²) in [6, 6.07) is 4.69. The average molecular weight is 328 g/mol. The van der Waals surface area contributed by atoms with E-state index in [4.69, 9.17) is 9.47 Å². The van der Waals surface area contributed by atoms with E-state index < -0.39 is 18.2 Å². The van der Waals surface area contributed by atoms with Crippen molar-refractivity contribution in [1.29, 1.82) is 0 Å². The Bertz CT molecular complexity index is 602. The highest BCUT2D eigenvalue weighted by Gasteiger charge is 2.47. The molecule has 0 heterocycles. The van der Waals surface area contributed by atoms with E-state index in [0.29, 0.717) is 12.0 Å². The lowest BCUT2D eigenvalue weighted by Gasteiger charge is -2.35. The lowest BCUT2D eigenvalue weighted by molar-refractivity contribution is -0.153. The zero-order chi connectivity index (χ0) is 16.7. The summed E-state index contributed by atoms with van der Waals surface area (Å²) in [7, 11) is 1.68. The summed E-state index contributed by atoms with van der Waals surface area (Å²) in [4.78, 5) is 12.8. The average Bonchev–Trinajstić information content (AvgIpc) is 2.78. The number of ketones is 1. The largest absolute Gasteiger partial charge is 0.484 e. The van der Waals surface area contributed by atoms with Crippen molar-refractivity contribution in [2.24, 2.45) is 5.41 Å². The molecule has 2 aliphatic rings. The predicted molar refractivity (Wildman–Crippen MR) is 77.7 cm³/mol. The molecule has 0 atom stereocenters. The van der Waals surface area contributed by atoms with Crippen molar-refractivity contribution in [3.05, 3.63) is 29.3 Å².